The SMILES string of the molecule is CNCCC(C)NCCOC. The average Bonchev–Trinajstić information content (AvgIpc) is 2.01. The van der Waals surface area contributed by atoms with Crippen LogP contribution in [0.2, 0.25) is 0 Å². The molecular weight excluding hydrogens is 140 g/mol. The highest BCUT2D eigenvalue weighted by molar-refractivity contribution is 4.60. The number of ether oxygens (including phenoxy) is 1. The van der Waals surface area contributed by atoms with E-state index in [4.69, 9.17) is 4.74 Å². The summed E-state index contributed by atoms with van der Waals surface area (Å²) in [5.41, 5.74) is 0. The van der Waals surface area contributed by atoms with Gasteiger partial charge in [0.05, 0.1) is 6.61 Å². The van der Waals surface area contributed by atoms with Crippen molar-refractivity contribution in [3.05, 3.63) is 0 Å². The van der Waals surface area contributed by atoms with Gasteiger partial charge < -0.3 is 15.4 Å². The summed E-state index contributed by atoms with van der Waals surface area (Å²) in [5.74, 6) is 0. The van der Waals surface area contributed by atoms with Crippen molar-refractivity contribution >= 4 is 0 Å². The Morgan fingerprint density at radius 2 is 2.09 bits per heavy atom. The van der Waals surface area contributed by atoms with Gasteiger partial charge in [-0.2, -0.15) is 0 Å². The van der Waals surface area contributed by atoms with Crippen LogP contribution in [0.3, 0.4) is 0 Å². The van der Waals surface area contributed by atoms with Crippen molar-refractivity contribution in [3.63, 3.8) is 0 Å². The molecule has 3 heteroatoms. The zero-order valence-electron chi connectivity index (χ0n) is 7.81. The van der Waals surface area contributed by atoms with Crippen molar-refractivity contribution in [3.8, 4) is 0 Å². The van der Waals surface area contributed by atoms with E-state index >= 15 is 0 Å². The molecule has 0 radical (unpaired) electrons. The molecule has 0 aliphatic carbocycles. The van der Waals surface area contributed by atoms with E-state index in [2.05, 4.69) is 17.6 Å². The van der Waals surface area contributed by atoms with Crippen molar-refractivity contribution in [2.75, 3.05) is 33.9 Å². The van der Waals surface area contributed by atoms with E-state index < -0.39 is 0 Å². The minimum absolute atomic E-state index is 0.581. The summed E-state index contributed by atoms with van der Waals surface area (Å²) < 4.78 is 4.92. The van der Waals surface area contributed by atoms with E-state index in [1.54, 1.807) is 7.11 Å². The van der Waals surface area contributed by atoms with E-state index in [0.717, 1.165) is 19.7 Å². The maximum Gasteiger partial charge on any atom is 0.0587 e. The topological polar surface area (TPSA) is 33.3 Å². The van der Waals surface area contributed by atoms with Gasteiger partial charge in [0.1, 0.15) is 0 Å². The Balaban J connectivity index is 3.02. The van der Waals surface area contributed by atoms with Gasteiger partial charge in [-0.05, 0) is 26.9 Å². The lowest BCUT2D eigenvalue weighted by molar-refractivity contribution is 0.196. The molecule has 0 bridgehead atoms. The third kappa shape index (κ3) is 7.78. The molecule has 0 rings (SSSR count). The molecule has 0 aromatic heterocycles. The third-order valence-corrected chi connectivity index (χ3v) is 1.63. The lowest BCUT2D eigenvalue weighted by Crippen LogP contribution is -2.31. The van der Waals surface area contributed by atoms with Gasteiger partial charge in [0.25, 0.3) is 0 Å². The molecule has 2 N–H and O–H groups in total. The largest absolute Gasteiger partial charge is 0.383 e. The Labute approximate surface area is 69.5 Å². The molecule has 0 aliphatic rings. The number of nitrogens with one attached hydrogen (secondary N) is 2. The van der Waals surface area contributed by atoms with Gasteiger partial charge >= 0.3 is 0 Å². The molecule has 0 heterocycles. The predicted octanol–water partition coefficient (Wildman–Crippen LogP) is 0.220. The summed E-state index contributed by atoms with van der Waals surface area (Å²) in [6, 6.07) is 0.581. The Morgan fingerprint density at radius 1 is 1.36 bits per heavy atom. The molecule has 0 spiro atoms. The summed E-state index contributed by atoms with van der Waals surface area (Å²) in [4.78, 5) is 0. The molecule has 0 saturated carbocycles. The Bertz CT molecular complexity index is 78.5. The van der Waals surface area contributed by atoms with E-state index in [1.165, 1.54) is 6.42 Å². The van der Waals surface area contributed by atoms with Crippen LogP contribution in [0.15, 0.2) is 0 Å². The monoisotopic (exact) mass is 160 g/mol. The summed E-state index contributed by atoms with van der Waals surface area (Å²) in [6.45, 7) is 5.00. The van der Waals surface area contributed by atoms with E-state index in [9.17, 15) is 0 Å². The van der Waals surface area contributed by atoms with Gasteiger partial charge in [-0.25, -0.2) is 0 Å². The number of methoxy groups -OCH3 is 1. The Kier molecular flexibility index (Phi) is 7.89. The second-order valence-electron chi connectivity index (χ2n) is 2.74. The van der Waals surface area contributed by atoms with Crippen LogP contribution in [-0.2, 0) is 4.74 Å². The summed E-state index contributed by atoms with van der Waals surface area (Å²) >= 11 is 0. The van der Waals surface area contributed by atoms with E-state index in [1.807, 2.05) is 7.05 Å². The molecule has 3 nitrogen and oxygen atoms in total. The van der Waals surface area contributed by atoms with Gasteiger partial charge in [0.2, 0.25) is 0 Å². The minimum atomic E-state index is 0.581. The van der Waals surface area contributed by atoms with Crippen LogP contribution in [-0.4, -0.2) is 39.9 Å². The van der Waals surface area contributed by atoms with Crippen LogP contribution in [0.4, 0.5) is 0 Å². The molecule has 1 unspecified atom stereocenters. The second kappa shape index (κ2) is 7.98. The lowest BCUT2D eigenvalue weighted by atomic mass is 10.2. The first-order valence-corrected chi connectivity index (χ1v) is 4.18. The lowest BCUT2D eigenvalue weighted by Gasteiger charge is -2.12. The van der Waals surface area contributed by atoms with Crippen LogP contribution in [0.25, 0.3) is 0 Å². The van der Waals surface area contributed by atoms with Gasteiger partial charge in [-0.3, -0.25) is 0 Å². The average molecular weight is 160 g/mol. The quantitative estimate of drug-likeness (QED) is 0.523. The first kappa shape index (κ1) is 10.9. The highest BCUT2D eigenvalue weighted by Crippen LogP contribution is 1.86. The first-order chi connectivity index (χ1) is 5.31. The summed E-state index contributed by atoms with van der Waals surface area (Å²) in [5, 5.41) is 6.47. The Morgan fingerprint density at radius 3 is 2.64 bits per heavy atom. The molecule has 0 amide bonds. The number of hydrogen-bond acceptors (Lipinski definition) is 3. The van der Waals surface area contributed by atoms with Crippen LogP contribution in [0.1, 0.15) is 13.3 Å². The van der Waals surface area contributed by atoms with Gasteiger partial charge in [0, 0.05) is 19.7 Å². The third-order valence-electron chi connectivity index (χ3n) is 1.63. The maximum absolute atomic E-state index is 4.92. The zero-order chi connectivity index (χ0) is 8.53. The van der Waals surface area contributed by atoms with Crippen molar-refractivity contribution in [2.45, 2.75) is 19.4 Å². The van der Waals surface area contributed by atoms with Crippen molar-refractivity contribution in [1.29, 1.82) is 0 Å². The first-order valence-electron chi connectivity index (χ1n) is 4.18. The number of rotatable bonds is 7. The summed E-state index contributed by atoms with van der Waals surface area (Å²) in [6.07, 6.45) is 1.17. The Hall–Kier alpha value is -0.120. The molecule has 0 aromatic rings. The predicted molar refractivity (Wildman–Crippen MR) is 47.9 cm³/mol. The van der Waals surface area contributed by atoms with Crippen LogP contribution >= 0.6 is 0 Å². The molecule has 0 aliphatic heterocycles. The highest BCUT2D eigenvalue weighted by atomic mass is 16.5. The minimum Gasteiger partial charge on any atom is -0.383 e. The van der Waals surface area contributed by atoms with Crippen molar-refractivity contribution in [2.24, 2.45) is 0 Å². The van der Waals surface area contributed by atoms with Crippen LogP contribution in [0.5, 0.6) is 0 Å². The fraction of sp³-hybridized carbons (Fsp3) is 1.00. The molecule has 0 saturated heterocycles. The maximum atomic E-state index is 4.92. The smallest absolute Gasteiger partial charge is 0.0587 e. The summed E-state index contributed by atoms with van der Waals surface area (Å²) in [7, 11) is 3.70. The van der Waals surface area contributed by atoms with Crippen molar-refractivity contribution < 1.29 is 4.74 Å². The normalized spacial score (nSPS) is 13.4. The van der Waals surface area contributed by atoms with Crippen LogP contribution < -0.4 is 10.6 Å². The van der Waals surface area contributed by atoms with Crippen LogP contribution in [0, 0.1) is 0 Å². The zero-order valence-corrected chi connectivity index (χ0v) is 7.81. The van der Waals surface area contributed by atoms with E-state index in [0.29, 0.717) is 6.04 Å². The van der Waals surface area contributed by atoms with Crippen molar-refractivity contribution in [1.82, 2.24) is 10.6 Å². The van der Waals surface area contributed by atoms with Gasteiger partial charge in [-0.15, -0.1) is 0 Å². The number of hydrogen-bond donors (Lipinski definition) is 2. The highest BCUT2D eigenvalue weighted by Gasteiger charge is 1.97. The fourth-order valence-electron chi connectivity index (χ4n) is 0.870. The van der Waals surface area contributed by atoms with E-state index in [-0.39, 0.29) is 0 Å². The molecule has 68 valence electrons. The standard InChI is InChI=1S/C8H20N2O/c1-8(4-5-9-2)10-6-7-11-3/h8-10H,4-7H2,1-3H3. The molecule has 11 heavy (non-hydrogen) atoms. The molecular formula is C8H20N2O. The molecule has 0 fully saturated rings. The molecule has 0 aromatic carbocycles. The molecule has 1 atom stereocenters. The second-order valence-corrected chi connectivity index (χ2v) is 2.74. The van der Waals surface area contributed by atoms with Gasteiger partial charge in [0.15, 0.2) is 0 Å². The van der Waals surface area contributed by atoms with Gasteiger partial charge in [-0.1, -0.05) is 0 Å². The fourth-order valence-corrected chi connectivity index (χ4v) is 0.870.